The number of nitrogens with one attached hydrogen (secondary N) is 2. The molecule has 0 unspecified atom stereocenters. The average Bonchev–Trinajstić information content (AvgIpc) is 2.59. The van der Waals surface area contributed by atoms with Gasteiger partial charge in [0.15, 0.2) is 0 Å². The summed E-state index contributed by atoms with van der Waals surface area (Å²) in [5.41, 5.74) is 2.67. The van der Waals surface area contributed by atoms with Crippen molar-refractivity contribution in [2.45, 2.75) is 27.3 Å². The van der Waals surface area contributed by atoms with E-state index in [1.807, 2.05) is 55.5 Å². The standard InChI is InChI=1S/C20H26N2O2/c1-4-24-19-11-6-5-8-17(19)14-21-18-10-7-9-16(12-18)20(23)22-13-15(2)3/h5-12,15,21H,4,13-14H2,1-3H3,(H,22,23). The van der Waals surface area contributed by atoms with Crippen LogP contribution in [0.25, 0.3) is 0 Å². The summed E-state index contributed by atoms with van der Waals surface area (Å²) in [5.74, 6) is 1.28. The molecule has 2 aromatic carbocycles. The molecule has 0 aliphatic rings. The Balaban J connectivity index is 2.01. The van der Waals surface area contributed by atoms with Crippen molar-refractivity contribution in [3.8, 4) is 5.75 Å². The Bertz CT molecular complexity index is 668. The van der Waals surface area contributed by atoms with Gasteiger partial charge in [0.25, 0.3) is 5.91 Å². The van der Waals surface area contributed by atoms with Gasteiger partial charge < -0.3 is 15.4 Å². The fourth-order valence-electron chi connectivity index (χ4n) is 2.31. The highest BCUT2D eigenvalue weighted by Gasteiger charge is 2.07. The molecule has 128 valence electrons. The van der Waals surface area contributed by atoms with E-state index in [2.05, 4.69) is 24.5 Å². The molecule has 2 rings (SSSR count). The minimum atomic E-state index is -0.0398. The van der Waals surface area contributed by atoms with Crippen LogP contribution in [0.4, 0.5) is 5.69 Å². The maximum atomic E-state index is 12.2. The third kappa shape index (κ3) is 5.30. The molecule has 0 heterocycles. The Hall–Kier alpha value is -2.49. The van der Waals surface area contributed by atoms with E-state index in [0.717, 1.165) is 17.0 Å². The highest BCUT2D eigenvalue weighted by atomic mass is 16.5. The molecule has 0 aliphatic carbocycles. The van der Waals surface area contributed by atoms with Crippen LogP contribution >= 0.6 is 0 Å². The minimum Gasteiger partial charge on any atom is -0.494 e. The van der Waals surface area contributed by atoms with Gasteiger partial charge in [-0.05, 0) is 37.1 Å². The summed E-state index contributed by atoms with van der Waals surface area (Å²) < 4.78 is 5.64. The van der Waals surface area contributed by atoms with Crippen molar-refractivity contribution in [2.24, 2.45) is 5.92 Å². The first-order valence-electron chi connectivity index (χ1n) is 8.43. The number of anilines is 1. The number of carbonyl (C=O) groups is 1. The maximum absolute atomic E-state index is 12.2. The average molecular weight is 326 g/mol. The van der Waals surface area contributed by atoms with Crippen molar-refractivity contribution < 1.29 is 9.53 Å². The predicted molar refractivity (Wildman–Crippen MR) is 98.6 cm³/mol. The zero-order chi connectivity index (χ0) is 17.4. The topological polar surface area (TPSA) is 50.4 Å². The largest absolute Gasteiger partial charge is 0.494 e. The predicted octanol–water partition coefficient (Wildman–Crippen LogP) is 4.08. The summed E-state index contributed by atoms with van der Waals surface area (Å²) in [5, 5.41) is 6.30. The van der Waals surface area contributed by atoms with Crippen LogP contribution in [0.5, 0.6) is 5.75 Å². The number of para-hydroxylation sites is 1. The monoisotopic (exact) mass is 326 g/mol. The first-order valence-corrected chi connectivity index (χ1v) is 8.43. The summed E-state index contributed by atoms with van der Waals surface area (Å²) in [4.78, 5) is 12.2. The van der Waals surface area contributed by atoms with Crippen molar-refractivity contribution >= 4 is 11.6 Å². The van der Waals surface area contributed by atoms with Crippen LogP contribution in [0.1, 0.15) is 36.7 Å². The number of benzene rings is 2. The fraction of sp³-hybridized carbons (Fsp3) is 0.350. The summed E-state index contributed by atoms with van der Waals surface area (Å²) in [6.07, 6.45) is 0. The second-order valence-electron chi connectivity index (χ2n) is 6.08. The first kappa shape index (κ1) is 17.9. The first-order chi connectivity index (χ1) is 11.6. The van der Waals surface area contributed by atoms with Gasteiger partial charge in [0.2, 0.25) is 0 Å². The molecule has 2 N–H and O–H groups in total. The highest BCUT2D eigenvalue weighted by molar-refractivity contribution is 5.95. The molecule has 0 atom stereocenters. The lowest BCUT2D eigenvalue weighted by Crippen LogP contribution is -2.27. The molecular weight excluding hydrogens is 300 g/mol. The zero-order valence-corrected chi connectivity index (χ0v) is 14.6. The fourth-order valence-corrected chi connectivity index (χ4v) is 2.31. The maximum Gasteiger partial charge on any atom is 0.251 e. The Morgan fingerprint density at radius 2 is 1.92 bits per heavy atom. The number of hydrogen-bond donors (Lipinski definition) is 2. The normalized spacial score (nSPS) is 10.5. The van der Waals surface area contributed by atoms with E-state index < -0.39 is 0 Å². The molecule has 0 aliphatic heterocycles. The van der Waals surface area contributed by atoms with Crippen LogP contribution < -0.4 is 15.4 Å². The third-order valence-electron chi connectivity index (χ3n) is 3.55. The zero-order valence-electron chi connectivity index (χ0n) is 14.6. The molecule has 4 heteroatoms. The Morgan fingerprint density at radius 1 is 1.12 bits per heavy atom. The highest BCUT2D eigenvalue weighted by Crippen LogP contribution is 2.20. The van der Waals surface area contributed by atoms with Gasteiger partial charge in [-0.15, -0.1) is 0 Å². The van der Waals surface area contributed by atoms with Crippen LogP contribution in [0.2, 0.25) is 0 Å². The number of ether oxygens (including phenoxy) is 1. The Labute approximate surface area is 144 Å². The van der Waals surface area contributed by atoms with Gasteiger partial charge in [0, 0.05) is 29.9 Å². The van der Waals surface area contributed by atoms with Crippen molar-refractivity contribution in [3.63, 3.8) is 0 Å². The van der Waals surface area contributed by atoms with Gasteiger partial charge >= 0.3 is 0 Å². The lowest BCUT2D eigenvalue weighted by atomic mass is 10.1. The van der Waals surface area contributed by atoms with E-state index in [1.165, 1.54) is 0 Å². The molecule has 0 saturated heterocycles. The molecule has 4 nitrogen and oxygen atoms in total. The molecule has 2 aromatic rings. The number of rotatable bonds is 8. The summed E-state index contributed by atoms with van der Waals surface area (Å²) >= 11 is 0. The molecule has 1 amide bonds. The second kappa shape index (κ2) is 8.96. The second-order valence-corrected chi connectivity index (χ2v) is 6.08. The Morgan fingerprint density at radius 3 is 2.67 bits per heavy atom. The SMILES string of the molecule is CCOc1ccccc1CNc1cccc(C(=O)NCC(C)C)c1. The summed E-state index contributed by atoms with van der Waals surface area (Å²) in [7, 11) is 0. The van der Waals surface area contributed by atoms with E-state index in [4.69, 9.17) is 4.74 Å². The smallest absolute Gasteiger partial charge is 0.251 e. The van der Waals surface area contributed by atoms with Gasteiger partial charge in [-0.25, -0.2) is 0 Å². The van der Waals surface area contributed by atoms with E-state index in [0.29, 0.717) is 31.2 Å². The lowest BCUT2D eigenvalue weighted by Gasteiger charge is -2.13. The molecule has 0 fully saturated rings. The van der Waals surface area contributed by atoms with Crippen LogP contribution in [0.15, 0.2) is 48.5 Å². The quantitative estimate of drug-likeness (QED) is 0.768. The third-order valence-corrected chi connectivity index (χ3v) is 3.55. The number of carbonyl (C=O) groups excluding carboxylic acids is 1. The van der Waals surface area contributed by atoms with E-state index >= 15 is 0 Å². The van der Waals surface area contributed by atoms with Crippen LogP contribution in [-0.4, -0.2) is 19.1 Å². The van der Waals surface area contributed by atoms with Crippen molar-refractivity contribution in [3.05, 3.63) is 59.7 Å². The van der Waals surface area contributed by atoms with E-state index in [9.17, 15) is 4.79 Å². The van der Waals surface area contributed by atoms with E-state index in [-0.39, 0.29) is 5.91 Å². The van der Waals surface area contributed by atoms with Gasteiger partial charge in [0.1, 0.15) is 5.75 Å². The van der Waals surface area contributed by atoms with Crippen LogP contribution in [-0.2, 0) is 6.54 Å². The Kier molecular flexibility index (Phi) is 6.67. The van der Waals surface area contributed by atoms with Crippen LogP contribution in [0.3, 0.4) is 0 Å². The number of amides is 1. The van der Waals surface area contributed by atoms with Crippen LogP contribution in [0, 0.1) is 5.92 Å². The molecular formula is C20H26N2O2. The molecule has 0 bridgehead atoms. The van der Waals surface area contributed by atoms with E-state index in [1.54, 1.807) is 0 Å². The van der Waals surface area contributed by atoms with Gasteiger partial charge in [-0.3, -0.25) is 4.79 Å². The summed E-state index contributed by atoms with van der Waals surface area (Å²) in [6, 6.07) is 15.5. The lowest BCUT2D eigenvalue weighted by molar-refractivity contribution is 0.0949. The minimum absolute atomic E-state index is 0.0398. The van der Waals surface area contributed by atoms with Crippen molar-refractivity contribution in [1.29, 1.82) is 0 Å². The van der Waals surface area contributed by atoms with Gasteiger partial charge in [-0.1, -0.05) is 38.1 Å². The molecule has 24 heavy (non-hydrogen) atoms. The van der Waals surface area contributed by atoms with Gasteiger partial charge in [0.05, 0.1) is 6.61 Å². The molecule has 0 spiro atoms. The molecule has 0 aromatic heterocycles. The summed E-state index contributed by atoms with van der Waals surface area (Å²) in [6.45, 7) is 8.10. The molecule has 0 saturated carbocycles. The van der Waals surface area contributed by atoms with Crippen molar-refractivity contribution in [1.82, 2.24) is 5.32 Å². The number of hydrogen-bond acceptors (Lipinski definition) is 3. The van der Waals surface area contributed by atoms with Gasteiger partial charge in [-0.2, -0.15) is 0 Å². The molecule has 0 radical (unpaired) electrons. The van der Waals surface area contributed by atoms with Crippen molar-refractivity contribution in [2.75, 3.05) is 18.5 Å².